The zero-order valence-corrected chi connectivity index (χ0v) is 26.5. The van der Waals surface area contributed by atoms with E-state index in [4.69, 9.17) is 34.8 Å². The fourth-order valence-electron chi connectivity index (χ4n) is 4.20. The molecule has 0 bridgehead atoms. The summed E-state index contributed by atoms with van der Waals surface area (Å²) in [6.07, 6.45) is 0.299. The molecule has 0 aliphatic carbocycles. The van der Waals surface area contributed by atoms with Crippen LogP contribution in [0, 0.1) is 12.8 Å². The summed E-state index contributed by atoms with van der Waals surface area (Å²) in [5.74, 6) is -0.726. The van der Waals surface area contributed by atoms with Gasteiger partial charge in [0.25, 0.3) is 10.0 Å². The van der Waals surface area contributed by atoms with Crippen molar-refractivity contribution in [3.05, 3.63) is 92.9 Å². The monoisotopic (exact) mass is 637 g/mol. The Labute approximate surface area is 257 Å². The largest absolute Gasteiger partial charge is 0.354 e. The van der Waals surface area contributed by atoms with Crippen molar-refractivity contribution in [3.8, 4) is 0 Å². The van der Waals surface area contributed by atoms with Gasteiger partial charge < -0.3 is 10.2 Å². The topological polar surface area (TPSA) is 86.8 Å². The van der Waals surface area contributed by atoms with Gasteiger partial charge in [0.1, 0.15) is 12.6 Å². The standard InChI is InChI=1S/C30H34Cl3N3O4S/c1-5-28(30(38)34-17-20(2)3)35(18-22-8-6-7-9-27(22)33)29(37)19-36(25-15-23(31)14-24(32)16-25)41(39,40)26-12-10-21(4)11-13-26/h6-16,20,28H,5,17-19H2,1-4H3,(H,34,38). The Kier molecular flexibility index (Phi) is 11.5. The number of carbonyl (C=O) groups excluding carboxylic acids is 2. The normalized spacial score (nSPS) is 12.2. The zero-order chi connectivity index (χ0) is 30.3. The van der Waals surface area contributed by atoms with E-state index in [0.717, 1.165) is 9.87 Å². The van der Waals surface area contributed by atoms with Gasteiger partial charge in [0, 0.05) is 28.2 Å². The lowest BCUT2D eigenvalue weighted by atomic mass is 10.1. The van der Waals surface area contributed by atoms with Crippen molar-refractivity contribution in [3.63, 3.8) is 0 Å². The van der Waals surface area contributed by atoms with Crippen molar-refractivity contribution < 1.29 is 18.0 Å². The van der Waals surface area contributed by atoms with E-state index in [9.17, 15) is 18.0 Å². The van der Waals surface area contributed by atoms with Crippen LogP contribution in [0.15, 0.2) is 71.6 Å². The summed E-state index contributed by atoms with van der Waals surface area (Å²) in [6.45, 7) is 7.40. The number of hydrogen-bond acceptors (Lipinski definition) is 4. The maximum absolute atomic E-state index is 14.1. The summed E-state index contributed by atoms with van der Waals surface area (Å²) in [5.41, 5.74) is 1.62. The van der Waals surface area contributed by atoms with Crippen molar-refractivity contribution in [2.75, 3.05) is 17.4 Å². The minimum absolute atomic E-state index is 0.000827. The highest BCUT2D eigenvalue weighted by Gasteiger charge is 2.34. The van der Waals surface area contributed by atoms with Crippen LogP contribution in [0.5, 0.6) is 0 Å². The third-order valence-corrected chi connectivity index (χ3v) is 8.99. The van der Waals surface area contributed by atoms with Gasteiger partial charge in [-0.1, -0.05) is 91.5 Å². The van der Waals surface area contributed by atoms with Crippen molar-refractivity contribution in [2.24, 2.45) is 5.92 Å². The smallest absolute Gasteiger partial charge is 0.264 e. The first-order chi connectivity index (χ1) is 19.3. The third kappa shape index (κ3) is 8.61. The second-order valence-corrected chi connectivity index (χ2v) is 13.3. The van der Waals surface area contributed by atoms with E-state index in [1.165, 1.54) is 35.2 Å². The van der Waals surface area contributed by atoms with Crippen LogP contribution in [0.25, 0.3) is 0 Å². The van der Waals surface area contributed by atoms with Crippen molar-refractivity contribution in [2.45, 2.75) is 51.6 Å². The van der Waals surface area contributed by atoms with E-state index >= 15 is 0 Å². The molecule has 2 amide bonds. The Morgan fingerprint density at radius 1 is 0.927 bits per heavy atom. The number of rotatable bonds is 12. The van der Waals surface area contributed by atoms with Gasteiger partial charge in [-0.25, -0.2) is 8.42 Å². The zero-order valence-electron chi connectivity index (χ0n) is 23.4. The quantitative estimate of drug-likeness (QED) is 0.238. The number of hydrogen-bond donors (Lipinski definition) is 1. The molecule has 11 heteroatoms. The van der Waals surface area contributed by atoms with Gasteiger partial charge in [0.2, 0.25) is 11.8 Å². The van der Waals surface area contributed by atoms with E-state index < -0.39 is 28.5 Å². The van der Waals surface area contributed by atoms with E-state index in [-0.39, 0.29) is 39.0 Å². The average Bonchev–Trinajstić information content (AvgIpc) is 2.90. The minimum atomic E-state index is -4.25. The number of carbonyl (C=O) groups is 2. The van der Waals surface area contributed by atoms with Gasteiger partial charge in [0.15, 0.2) is 0 Å². The third-order valence-electron chi connectivity index (χ3n) is 6.39. The first-order valence-corrected chi connectivity index (χ1v) is 15.8. The summed E-state index contributed by atoms with van der Waals surface area (Å²) in [4.78, 5) is 28.8. The van der Waals surface area contributed by atoms with Gasteiger partial charge in [-0.05, 0) is 61.2 Å². The van der Waals surface area contributed by atoms with Gasteiger partial charge in [-0.15, -0.1) is 0 Å². The Balaban J connectivity index is 2.09. The maximum atomic E-state index is 14.1. The number of anilines is 1. The van der Waals surface area contributed by atoms with Gasteiger partial charge in [0.05, 0.1) is 10.6 Å². The SMILES string of the molecule is CCC(C(=O)NCC(C)C)N(Cc1ccccc1Cl)C(=O)CN(c1cc(Cl)cc(Cl)c1)S(=O)(=O)c1ccc(C)cc1. The lowest BCUT2D eigenvalue weighted by Gasteiger charge is -2.33. The first-order valence-electron chi connectivity index (χ1n) is 13.2. The van der Waals surface area contributed by atoms with Crippen LogP contribution in [-0.4, -0.2) is 44.3 Å². The van der Waals surface area contributed by atoms with Crippen LogP contribution >= 0.6 is 34.8 Å². The molecule has 41 heavy (non-hydrogen) atoms. The lowest BCUT2D eigenvalue weighted by Crippen LogP contribution is -2.52. The van der Waals surface area contributed by atoms with Crippen LogP contribution in [0.3, 0.4) is 0 Å². The molecule has 7 nitrogen and oxygen atoms in total. The predicted molar refractivity (Wildman–Crippen MR) is 166 cm³/mol. The number of sulfonamides is 1. The fraction of sp³-hybridized carbons (Fsp3) is 0.333. The number of aryl methyl sites for hydroxylation is 1. The fourth-order valence-corrected chi connectivity index (χ4v) is 6.31. The van der Waals surface area contributed by atoms with Gasteiger partial charge >= 0.3 is 0 Å². The molecule has 3 aromatic carbocycles. The minimum Gasteiger partial charge on any atom is -0.354 e. The molecule has 0 fully saturated rings. The molecule has 220 valence electrons. The second kappa shape index (κ2) is 14.4. The Hall–Kier alpha value is -2.78. The van der Waals surface area contributed by atoms with Crippen LogP contribution in [0.1, 0.15) is 38.3 Å². The molecule has 0 aromatic heterocycles. The second-order valence-electron chi connectivity index (χ2n) is 10.1. The highest BCUT2D eigenvalue weighted by Crippen LogP contribution is 2.30. The van der Waals surface area contributed by atoms with Gasteiger partial charge in [-0.3, -0.25) is 13.9 Å². The Bertz CT molecular complexity index is 1460. The molecular formula is C30H34Cl3N3O4S. The molecule has 0 aliphatic rings. The van der Waals surface area contributed by atoms with E-state index in [1.54, 1.807) is 43.3 Å². The average molecular weight is 639 g/mol. The molecule has 0 heterocycles. The summed E-state index contributed by atoms with van der Waals surface area (Å²) in [6, 6.07) is 16.8. The molecule has 0 saturated carbocycles. The van der Waals surface area contributed by atoms with E-state index in [0.29, 0.717) is 23.6 Å². The van der Waals surface area contributed by atoms with Crippen LogP contribution in [0.4, 0.5) is 5.69 Å². The van der Waals surface area contributed by atoms with Crippen molar-refractivity contribution in [1.82, 2.24) is 10.2 Å². The predicted octanol–water partition coefficient (Wildman–Crippen LogP) is 6.73. The number of nitrogens with one attached hydrogen (secondary N) is 1. The summed E-state index contributed by atoms with van der Waals surface area (Å²) in [5, 5.41) is 3.73. The summed E-state index contributed by atoms with van der Waals surface area (Å²) < 4.78 is 28.9. The number of benzene rings is 3. The highest BCUT2D eigenvalue weighted by molar-refractivity contribution is 7.92. The van der Waals surface area contributed by atoms with Crippen molar-refractivity contribution in [1.29, 1.82) is 0 Å². The number of amides is 2. The maximum Gasteiger partial charge on any atom is 0.264 e. The van der Waals surface area contributed by atoms with Gasteiger partial charge in [-0.2, -0.15) is 0 Å². The highest BCUT2D eigenvalue weighted by atomic mass is 35.5. The van der Waals surface area contributed by atoms with Crippen LogP contribution < -0.4 is 9.62 Å². The molecule has 3 rings (SSSR count). The molecule has 1 unspecified atom stereocenters. The molecule has 1 atom stereocenters. The van der Waals surface area contributed by atoms with Crippen LogP contribution in [0.2, 0.25) is 15.1 Å². The Morgan fingerprint density at radius 2 is 1.54 bits per heavy atom. The molecule has 1 N–H and O–H groups in total. The molecule has 0 radical (unpaired) electrons. The summed E-state index contributed by atoms with van der Waals surface area (Å²) >= 11 is 18.9. The molecule has 3 aromatic rings. The molecule has 0 spiro atoms. The lowest BCUT2D eigenvalue weighted by molar-refractivity contribution is -0.140. The summed E-state index contributed by atoms with van der Waals surface area (Å²) in [7, 11) is -4.25. The number of nitrogens with zero attached hydrogens (tertiary/aromatic N) is 2. The van der Waals surface area contributed by atoms with Crippen molar-refractivity contribution >= 4 is 62.3 Å². The number of halogens is 3. The van der Waals surface area contributed by atoms with Crippen LogP contribution in [-0.2, 0) is 26.2 Å². The molecule has 0 saturated heterocycles. The molecular weight excluding hydrogens is 605 g/mol. The van der Waals surface area contributed by atoms with E-state index in [2.05, 4.69) is 5.32 Å². The Morgan fingerprint density at radius 3 is 2.10 bits per heavy atom. The first kappa shape index (κ1) is 32.7. The molecule has 0 aliphatic heterocycles. The van der Waals surface area contributed by atoms with E-state index in [1.807, 2.05) is 20.8 Å².